The van der Waals surface area contributed by atoms with Crippen molar-refractivity contribution in [2.24, 2.45) is 0 Å². The summed E-state index contributed by atoms with van der Waals surface area (Å²) in [7, 11) is 0. The summed E-state index contributed by atoms with van der Waals surface area (Å²) in [4.78, 5) is 23.2. The topological polar surface area (TPSA) is 103 Å². The molecule has 0 aliphatic carbocycles. The number of carboxylic acid groups (broad SMARTS) is 1. The minimum Gasteiger partial charge on any atom is -0.481 e. The van der Waals surface area contributed by atoms with Crippen molar-refractivity contribution in [3.8, 4) is 5.88 Å². The molecule has 1 aromatic heterocycles. The summed E-state index contributed by atoms with van der Waals surface area (Å²) in [5, 5.41) is 19.1. The molecule has 0 saturated carbocycles. The molecule has 1 heterocycles. The molecule has 0 aliphatic heterocycles. The molecule has 0 aromatic carbocycles. The van der Waals surface area contributed by atoms with Crippen LogP contribution in [0.5, 0.6) is 5.88 Å². The van der Waals surface area contributed by atoms with E-state index in [1.165, 1.54) is 22.6 Å². The Balaban J connectivity index is 3.32. The lowest BCUT2D eigenvalue weighted by Crippen LogP contribution is -2.20. The highest BCUT2D eigenvalue weighted by molar-refractivity contribution is 14.1. The molecule has 0 bridgehead atoms. The van der Waals surface area contributed by atoms with Crippen molar-refractivity contribution in [1.29, 1.82) is 0 Å². The second-order valence-corrected chi connectivity index (χ2v) is 4.30. The first kappa shape index (κ1) is 15.4. The Kier molecular flexibility index (Phi) is 4.49. The maximum Gasteiger partial charge on any atom is 0.575 e. The van der Waals surface area contributed by atoms with Crippen molar-refractivity contribution in [2.75, 3.05) is 0 Å². The first-order valence-corrected chi connectivity index (χ1v) is 5.49. The zero-order valence-electron chi connectivity index (χ0n) is 8.77. The standard InChI is InChI=1S/C8H4F3IN2O5/c9-8(10,11)19-7-3(2-5(15)16)1-4(12)6(13-7)14(17)18/h1H,2H2,(H,15,16). The number of alkyl halides is 3. The van der Waals surface area contributed by atoms with Crippen molar-refractivity contribution in [3.63, 3.8) is 0 Å². The number of hydrogen-bond donors (Lipinski definition) is 1. The van der Waals surface area contributed by atoms with Gasteiger partial charge in [0.2, 0.25) is 0 Å². The summed E-state index contributed by atoms with van der Waals surface area (Å²) in [5.41, 5.74) is -0.403. The van der Waals surface area contributed by atoms with E-state index in [2.05, 4.69) is 9.72 Å². The van der Waals surface area contributed by atoms with Gasteiger partial charge in [-0.15, -0.1) is 13.2 Å². The van der Waals surface area contributed by atoms with Gasteiger partial charge in [0.15, 0.2) is 0 Å². The molecule has 0 aliphatic rings. The van der Waals surface area contributed by atoms with Crippen LogP contribution < -0.4 is 4.74 Å². The summed E-state index contributed by atoms with van der Waals surface area (Å²) in [5.74, 6) is -3.39. The molecule has 7 nitrogen and oxygen atoms in total. The monoisotopic (exact) mass is 392 g/mol. The van der Waals surface area contributed by atoms with E-state index in [4.69, 9.17) is 5.11 Å². The van der Waals surface area contributed by atoms with Crippen LogP contribution in [0.4, 0.5) is 19.0 Å². The molecule has 1 N–H and O–H groups in total. The van der Waals surface area contributed by atoms with Gasteiger partial charge < -0.3 is 20.0 Å². The van der Waals surface area contributed by atoms with Gasteiger partial charge in [-0.3, -0.25) is 4.79 Å². The van der Waals surface area contributed by atoms with Crippen LogP contribution in [0, 0.1) is 13.7 Å². The van der Waals surface area contributed by atoms with Crippen LogP contribution in [-0.2, 0) is 11.2 Å². The van der Waals surface area contributed by atoms with Crippen molar-refractivity contribution in [3.05, 3.63) is 25.3 Å². The Morgan fingerprint density at radius 3 is 2.58 bits per heavy atom. The Bertz CT molecular complexity index is 534. The number of aliphatic carboxylic acids is 1. The van der Waals surface area contributed by atoms with E-state index in [0.29, 0.717) is 0 Å². The fourth-order valence-corrected chi connectivity index (χ4v) is 1.81. The van der Waals surface area contributed by atoms with Crippen molar-refractivity contribution in [2.45, 2.75) is 12.8 Å². The van der Waals surface area contributed by atoms with Gasteiger partial charge in [0.05, 0.1) is 12.0 Å². The fraction of sp³-hybridized carbons (Fsp3) is 0.250. The number of pyridine rings is 1. The van der Waals surface area contributed by atoms with Gasteiger partial charge in [0.1, 0.15) is 3.57 Å². The number of hydrogen-bond acceptors (Lipinski definition) is 5. The largest absolute Gasteiger partial charge is 0.575 e. The number of carbonyl (C=O) groups is 1. The summed E-state index contributed by atoms with van der Waals surface area (Å²) >= 11 is 1.47. The number of aromatic nitrogens is 1. The number of nitro groups is 1. The van der Waals surface area contributed by atoms with E-state index >= 15 is 0 Å². The molecule has 1 rings (SSSR count). The first-order chi connectivity index (χ1) is 8.60. The normalized spacial score (nSPS) is 11.2. The highest BCUT2D eigenvalue weighted by atomic mass is 127. The van der Waals surface area contributed by atoms with E-state index < -0.39 is 40.9 Å². The third kappa shape index (κ3) is 4.50. The van der Waals surface area contributed by atoms with Crippen LogP contribution in [0.2, 0.25) is 0 Å². The number of rotatable bonds is 4. The van der Waals surface area contributed by atoms with Gasteiger partial charge in [0.25, 0.3) is 0 Å². The lowest BCUT2D eigenvalue weighted by Gasteiger charge is -2.08. The number of nitrogens with zero attached hydrogens (tertiary/aromatic N) is 2. The smallest absolute Gasteiger partial charge is 0.481 e. The van der Waals surface area contributed by atoms with E-state index in [1.54, 1.807) is 0 Å². The van der Waals surface area contributed by atoms with Gasteiger partial charge in [-0.2, -0.15) is 0 Å². The molecule has 0 saturated heterocycles. The molecule has 0 unspecified atom stereocenters. The predicted octanol–water partition coefficient (Wildman–Crippen LogP) is 2.12. The molecule has 19 heavy (non-hydrogen) atoms. The van der Waals surface area contributed by atoms with Gasteiger partial charge in [-0.05, 0) is 33.6 Å². The molecular formula is C8H4F3IN2O5. The van der Waals surface area contributed by atoms with Crippen LogP contribution >= 0.6 is 22.6 Å². The molecule has 0 fully saturated rings. The highest BCUT2D eigenvalue weighted by Gasteiger charge is 2.36. The molecule has 104 valence electrons. The zero-order valence-corrected chi connectivity index (χ0v) is 10.9. The average molecular weight is 392 g/mol. The van der Waals surface area contributed by atoms with Crippen LogP contribution in [0.1, 0.15) is 5.56 Å². The van der Waals surface area contributed by atoms with Crippen LogP contribution in [0.25, 0.3) is 0 Å². The van der Waals surface area contributed by atoms with E-state index in [1.807, 2.05) is 0 Å². The van der Waals surface area contributed by atoms with Crippen molar-refractivity contribution >= 4 is 34.4 Å². The third-order valence-corrected chi connectivity index (χ3v) is 2.52. The second kappa shape index (κ2) is 5.54. The number of halogens is 4. The summed E-state index contributed by atoms with van der Waals surface area (Å²) < 4.78 is 39.7. The molecule has 11 heteroatoms. The van der Waals surface area contributed by atoms with Crippen LogP contribution in [-0.4, -0.2) is 27.3 Å². The summed E-state index contributed by atoms with van der Waals surface area (Å²) in [6.45, 7) is 0. The Morgan fingerprint density at radius 1 is 1.58 bits per heavy atom. The zero-order chi connectivity index (χ0) is 14.8. The van der Waals surface area contributed by atoms with Gasteiger partial charge in [0, 0.05) is 4.98 Å². The maximum atomic E-state index is 12.1. The third-order valence-electron chi connectivity index (χ3n) is 1.72. The molecule has 1 aromatic rings. The van der Waals surface area contributed by atoms with Crippen molar-refractivity contribution in [1.82, 2.24) is 4.98 Å². The minimum atomic E-state index is -5.12. The first-order valence-electron chi connectivity index (χ1n) is 4.41. The predicted molar refractivity (Wildman–Crippen MR) is 61.6 cm³/mol. The van der Waals surface area contributed by atoms with Crippen LogP contribution in [0.3, 0.4) is 0 Å². The SMILES string of the molecule is O=C(O)Cc1cc(I)c([N+](=O)[O-])nc1OC(F)(F)F. The molecule has 0 spiro atoms. The van der Waals surface area contributed by atoms with Crippen LogP contribution in [0.15, 0.2) is 6.07 Å². The molecule has 0 atom stereocenters. The Labute approximate surface area is 116 Å². The Hall–Kier alpha value is -1.66. The minimum absolute atomic E-state index is 0.0895. The molecular weight excluding hydrogens is 388 g/mol. The average Bonchev–Trinajstić information content (AvgIpc) is 2.18. The Morgan fingerprint density at radius 2 is 2.16 bits per heavy atom. The van der Waals surface area contributed by atoms with E-state index in [9.17, 15) is 28.1 Å². The highest BCUT2D eigenvalue weighted by Crippen LogP contribution is 2.30. The second-order valence-electron chi connectivity index (χ2n) is 3.13. The quantitative estimate of drug-likeness (QED) is 0.479. The van der Waals surface area contributed by atoms with Gasteiger partial charge in [-0.1, -0.05) is 0 Å². The number of ether oxygens (including phenoxy) is 1. The van der Waals surface area contributed by atoms with Gasteiger partial charge in [-0.25, -0.2) is 0 Å². The number of carboxylic acids is 1. The van der Waals surface area contributed by atoms with E-state index in [0.717, 1.165) is 6.07 Å². The molecule has 0 amide bonds. The van der Waals surface area contributed by atoms with Crippen molar-refractivity contribution < 1.29 is 32.7 Å². The molecule has 0 radical (unpaired) electrons. The van der Waals surface area contributed by atoms with Gasteiger partial charge >= 0.3 is 24.0 Å². The summed E-state index contributed by atoms with van der Waals surface area (Å²) in [6, 6.07) is 0.918. The lowest BCUT2D eigenvalue weighted by molar-refractivity contribution is -0.391. The fourth-order valence-electron chi connectivity index (χ4n) is 1.12. The lowest BCUT2D eigenvalue weighted by atomic mass is 10.2. The summed E-state index contributed by atoms with van der Waals surface area (Å²) in [6.07, 6.45) is -5.92. The maximum absolute atomic E-state index is 12.1. The van der Waals surface area contributed by atoms with E-state index in [-0.39, 0.29) is 3.57 Å².